The molecule has 0 spiro atoms. The van der Waals surface area contributed by atoms with Gasteiger partial charge in [0.05, 0.1) is 16.9 Å². The van der Waals surface area contributed by atoms with Crippen LogP contribution in [0, 0.1) is 18.9 Å². The minimum atomic E-state index is -3.69. The smallest absolute Gasteiger partial charge is 0.296 e. The van der Waals surface area contributed by atoms with Crippen LogP contribution in [0.3, 0.4) is 0 Å². The van der Waals surface area contributed by atoms with Gasteiger partial charge >= 0.3 is 0 Å². The van der Waals surface area contributed by atoms with Crippen molar-refractivity contribution in [3.05, 3.63) is 41.2 Å². The highest BCUT2D eigenvalue weighted by Gasteiger charge is 2.47. The van der Waals surface area contributed by atoms with Gasteiger partial charge in [0.25, 0.3) is 10.1 Å². The summed E-state index contributed by atoms with van der Waals surface area (Å²) in [6, 6.07) is 6.56. The lowest BCUT2D eigenvalue weighted by Gasteiger charge is -2.10. The van der Waals surface area contributed by atoms with E-state index in [4.69, 9.17) is 10.8 Å². The molecule has 0 heterocycles. The molecule has 1 aliphatic carbocycles. The fraction of sp³-hybridized carbons (Fsp3) is 0.462. The molecular formula is C13H15NO3S. The molecule has 1 aromatic rings. The van der Waals surface area contributed by atoms with E-state index in [0.717, 1.165) is 18.4 Å². The van der Waals surface area contributed by atoms with E-state index in [9.17, 15) is 8.42 Å². The Kier molecular flexibility index (Phi) is 3.42. The van der Waals surface area contributed by atoms with E-state index in [1.807, 2.05) is 6.92 Å². The zero-order valence-electron chi connectivity index (χ0n) is 10.2. The molecule has 0 N–H and O–H groups in total. The molecule has 0 atom stereocenters. The normalized spacial score (nSPS) is 17.1. The summed E-state index contributed by atoms with van der Waals surface area (Å²) in [7, 11) is -3.69. The molecule has 0 aliphatic heterocycles. The SMILES string of the molecule is [C-]#[N+]CC1(COS(=O)(=O)c2ccc(C)cc2)CC1. The second-order valence-corrected chi connectivity index (χ2v) is 6.46. The molecule has 1 aromatic carbocycles. The Bertz CT molecular complexity index is 565. The van der Waals surface area contributed by atoms with Gasteiger partial charge in [-0.2, -0.15) is 8.42 Å². The third-order valence-corrected chi connectivity index (χ3v) is 4.48. The highest BCUT2D eigenvalue weighted by molar-refractivity contribution is 7.86. The van der Waals surface area contributed by atoms with Crippen molar-refractivity contribution < 1.29 is 12.6 Å². The molecule has 2 rings (SSSR count). The molecule has 0 radical (unpaired) electrons. The summed E-state index contributed by atoms with van der Waals surface area (Å²) in [6.07, 6.45) is 1.75. The first-order valence-electron chi connectivity index (χ1n) is 5.77. The lowest BCUT2D eigenvalue weighted by atomic mass is 10.1. The van der Waals surface area contributed by atoms with Crippen LogP contribution in [0.25, 0.3) is 4.85 Å². The van der Waals surface area contributed by atoms with Crippen LogP contribution in [0.15, 0.2) is 29.2 Å². The third kappa shape index (κ3) is 2.89. The van der Waals surface area contributed by atoms with Crippen molar-refractivity contribution in [2.75, 3.05) is 13.2 Å². The summed E-state index contributed by atoms with van der Waals surface area (Å²) in [5.41, 5.74) is 0.778. The van der Waals surface area contributed by atoms with Crippen molar-refractivity contribution >= 4 is 10.1 Å². The zero-order valence-corrected chi connectivity index (χ0v) is 11.0. The molecule has 0 unspecified atom stereocenters. The summed E-state index contributed by atoms with van der Waals surface area (Å²) < 4.78 is 28.9. The minimum absolute atomic E-state index is 0.117. The van der Waals surface area contributed by atoms with Crippen LogP contribution < -0.4 is 0 Å². The topological polar surface area (TPSA) is 47.7 Å². The molecule has 1 saturated carbocycles. The number of benzene rings is 1. The number of hydrogen-bond acceptors (Lipinski definition) is 3. The van der Waals surface area contributed by atoms with Gasteiger partial charge in [-0.25, -0.2) is 6.57 Å². The monoisotopic (exact) mass is 265 g/mol. The number of nitrogens with zero attached hydrogens (tertiary/aromatic N) is 1. The summed E-state index contributed by atoms with van der Waals surface area (Å²) in [4.78, 5) is 3.50. The number of aryl methyl sites for hydroxylation is 1. The van der Waals surface area contributed by atoms with Crippen LogP contribution >= 0.6 is 0 Å². The van der Waals surface area contributed by atoms with Gasteiger partial charge < -0.3 is 4.85 Å². The van der Waals surface area contributed by atoms with Crippen molar-refractivity contribution in [1.82, 2.24) is 0 Å². The number of rotatable bonds is 5. The van der Waals surface area contributed by atoms with Gasteiger partial charge in [0.15, 0.2) is 0 Å². The Morgan fingerprint density at radius 2 is 1.94 bits per heavy atom. The molecule has 4 nitrogen and oxygen atoms in total. The van der Waals surface area contributed by atoms with Gasteiger partial charge in [-0.15, -0.1) is 0 Å². The van der Waals surface area contributed by atoms with E-state index >= 15 is 0 Å². The first kappa shape index (κ1) is 13.1. The van der Waals surface area contributed by atoms with Crippen LogP contribution in [-0.2, 0) is 14.3 Å². The highest BCUT2D eigenvalue weighted by Crippen LogP contribution is 2.46. The van der Waals surface area contributed by atoms with E-state index in [2.05, 4.69) is 4.85 Å². The summed E-state index contributed by atoms with van der Waals surface area (Å²) in [5.74, 6) is 0. The average Bonchev–Trinajstić information content (AvgIpc) is 3.08. The van der Waals surface area contributed by atoms with Crippen molar-refractivity contribution in [3.8, 4) is 0 Å². The first-order chi connectivity index (χ1) is 8.47. The average molecular weight is 265 g/mol. The molecular weight excluding hydrogens is 250 g/mol. The van der Waals surface area contributed by atoms with E-state index in [1.54, 1.807) is 24.3 Å². The lowest BCUT2D eigenvalue weighted by Crippen LogP contribution is -2.17. The summed E-state index contributed by atoms with van der Waals surface area (Å²) in [5, 5.41) is 0. The zero-order chi connectivity index (χ0) is 13.2. The van der Waals surface area contributed by atoms with Gasteiger partial charge in [-0.05, 0) is 31.9 Å². The fourth-order valence-corrected chi connectivity index (χ4v) is 2.68. The summed E-state index contributed by atoms with van der Waals surface area (Å²) >= 11 is 0. The number of hydrogen-bond donors (Lipinski definition) is 0. The molecule has 18 heavy (non-hydrogen) atoms. The van der Waals surface area contributed by atoms with Crippen LogP contribution in [0.5, 0.6) is 0 Å². The molecule has 96 valence electrons. The van der Waals surface area contributed by atoms with Gasteiger partial charge in [0, 0.05) is 0 Å². The molecule has 1 aliphatic rings. The second kappa shape index (κ2) is 4.71. The molecule has 5 heteroatoms. The third-order valence-electron chi connectivity index (χ3n) is 3.20. The van der Waals surface area contributed by atoms with Crippen LogP contribution in [-0.4, -0.2) is 21.6 Å². The van der Waals surface area contributed by atoms with Crippen molar-refractivity contribution in [1.29, 1.82) is 0 Å². The lowest BCUT2D eigenvalue weighted by molar-refractivity contribution is 0.250. The first-order valence-corrected chi connectivity index (χ1v) is 7.18. The van der Waals surface area contributed by atoms with Crippen LogP contribution in [0.2, 0.25) is 0 Å². The van der Waals surface area contributed by atoms with E-state index in [0.29, 0.717) is 6.54 Å². The van der Waals surface area contributed by atoms with E-state index < -0.39 is 10.1 Å². The predicted octanol–water partition coefficient (Wildman–Crippen LogP) is 2.40. The summed E-state index contributed by atoms with van der Waals surface area (Å²) in [6.45, 7) is 9.20. The van der Waals surface area contributed by atoms with E-state index in [-0.39, 0.29) is 16.9 Å². The predicted molar refractivity (Wildman–Crippen MR) is 67.5 cm³/mol. The Labute approximate surface area is 108 Å². The Hall–Kier alpha value is -1.38. The maximum absolute atomic E-state index is 11.9. The van der Waals surface area contributed by atoms with Crippen molar-refractivity contribution in [3.63, 3.8) is 0 Å². The quantitative estimate of drug-likeness (QED) is 0.606. The highest BCUT2D eigenvalue weighted by atomic mass is 32.2. The Morgan fingerprint density at radius 3 is 2.44 bits per heavy atom. The van der Waals surface area contributed by atoms with Crippen molar-refractivity contribution in [2.24, 2.45) is 5.41 Å². The maximum atomic E-state index is 11.9. The molecule has 0 bridgehead atoms. The maximum Gasteiger partial charge on any atom is 0.296 e. The van der Waals surface area contributed by atoms with Gasteiger partial charge in [0.1, 0.15) is 0 Å². The van der Waals surface area contributed by atoms with Crippen LogP contribution in [0.1, 0.15) is 18.4 Å². The van der Waals surface area contributed by atoms with Crippen molar-refractivity contribution in [2.45, 2.75) is 24.7 Å². The standard InChI is InChI=1S/C13H15NO3S/c1-11-3-5-12(6-4-11)18(15,16)17-10-13(7-8-13)9-14-2/h3-6H,7-10H2,1H3. The fourth-order valence-electron chi connectivity index (χ4n) is 1.67. The second-order valence-electron chi connectivity index (χ2n) is 4.85. The largest absolute Gasteiger partial charge is 0.316 e. The molecule has 0 amide bonds. The van der Waals surface area contributed by atoms with Crippen LogP contribution in [0.4, 0.5) is 0 Å². The Morgan fingerprint density at radius 1 is 1.33 bits per heavy atom. The Balaban J connectivity index is 2.04. The van der Waals surface area contributed by atoms with Gasteiger partial charge in [-0.3, -0.25) is 4.18 Å². The van der Waals surface area contributed by atoms with E-state index in [1.165, 1.54) is 0 Å². The minimum Gasteiger partial charge on any atom is -0.316 e. The van der Waals surface area contributed by atoms with Gasteiger partial charge in [-0.1, -0.05) is 17.7 Å². The molecule has 0 aromatic heterocycles. The molecule has 0 saturated heterocycles. The molecule has 1 fully saturated rings. The van der Waals surface area contributed by atoms with Gasteiger partial charge in [0.2, 0.25) is 6.54 Å².